The minimum atomic E-state index is -0.584. The summed E-state index contributed by atoms with van der Waals surface area (Å²) in [6.45, 7) is 25.8. The van der Waals surface area contributed by atoms with Crippen LogP contribution in [0.15, 0.2) is 190 Å². The summed E-state index contributed by atoms with van der Waals surface area (Å²) in [6, 6.07) is 54.1. The van der Waals surface area contributed by atoms with Crippen LogP contribution in [0.3, 0.4) is 0 Å². The third-order valence-electron chi connectivity index (χ3n) is 15.8. The van der Waals surface area contributed by atoms with Gasteiger partial charge in [0, 0.05) is 60.0 Å². The van der Waals surface area contributed by atoms with Crippen molar-refractivity contribution in [2.24, 2.45) is 20.0 Å². The Hall–Kier alpha value is -8.36. The molecule has 420 valence electrons. The van der Waals surface area contributed by atoms with E-state index in [0.29, 0.717) is 44.5 Å². The molecule has 4 atom stereocenters. The number of phenolic OH excluding ortho intramolecular Hbond substituents is 4. The highest BCUT2D eigenvalue weighted by Crippen LogP contribution is 2.43. The Morgan fingerprint density at radius 1 is 0.280 bits per heavy atom. The van der Waals surface area contributed by atoms with Crippen molar-refractivity contribution in [3.63, 3.8) is 0 Å². The molecular formula is C74H80N4O4. The molecule has 0 aromatic heterocycles. The fourth-order valence-corrected chi connectivity index (χ4v) is 10.6. The summed E-state index contributed by atoms with van der Waals surface area (Å²) in [6.07, 6.45) is 7.49. The number of fused-ring (bicyclic) bond motifs is 8. The first-order valence-corrected chi connectivity index (χ1v) is 28.6. The monoisotopic (exact) mass is 1090 g/mol. The van der Waals surface area contributed by atoms with E-state index in [0.717, 1.165) is 44.5 Å². The van der Waals surface area contributed by atoms with Gasteiger partial charge in [-0.1, -0.05) is 229 Å². The molecule has 82 heavy (non-hydrogen) atoms. The molecule has 8 bridgehead atoms. The summed E-state index contributed by atoms with van der Waals surface area (Å²) in [5.41, 5.74) is 11.0. The van der Waals surface area contributed by atoms with E-state index in [-0.39, 0.29) is 57.5 Å². The molecule has 8 aromatic rings. The van der Waals surface area contributed by atoms with Gasteiger partial charge in [-0.2, -0.15) is 0 Å². The maximum absolute atomic E-state index is 12.6. The maximum Gasteiger partial charge on any atom is 0.127 e. The molecule has 0 radical (unpaired) electrons. The maximum atomic E-state index is 12.6. The third-order valence-corrected chi connectivity index (χ3v) is 15.8. The van der Waals surface area contributed by atoms with Gasteiger partial charge in [-0.3, -0.25) is 20.0 Å². The molecule has 0 unspecified atom stereocenters. The summed E-state index contributed by atoms with van der Waals surface area (Å²) in [5.74, 6) is 0.260. The molecule has 9 rings (SSSR count). The standard InChI is InChI=1S/C74H80N4O4/c1-71(2,3)59-35-51-33-52-36-60(72(4,5)6)40-56(68(52)80)44-77-65(49-29-21-15-22-30-49)66(50-31-23-16-24-32-50)78-46-58-42-62(74(10,11)12)38-54(70(58)82)34-53-37-61(73(7,8)9)41-57(69(53)81)45-76-64(48-27-19-14-20-28-48)63(47-25-17-13-18-26-47)75-43-55(39-59)67(51)79/h13-32,35-46,63-66,79-82H,33-34H2,1-12H3/t63-,64-,65-,66-/m1/s1. The second-order valence-corrected chi connectivity index (χ2v) is 26.2. The van der Waals surface area contributed by atoms with Gasteiger partial charge in [0.05, 0.1) is 0 Å². The SMILES string of the molecule is CC(C)(C)c1cc2c(O)c(c1)Cc1cc(C(C)(C)C)cc(c1O)C=N[C@H](c1ccccc1)[C@@H](c1ccccc1)N=Cc1cc(C(C)(C)C)cc(c1O)Cc1cc(C(C)(C)C)cc(c1O)C=N[C@H](c1ccccc1)[C@@H](c1ccccc1)N=C2. The summed E-state index contributed by atoms with van der Waals surface area (Å²) < 4.78 is 0. The first kappa shape index (κ1) is 58.3. The van der Waals surface area contributed by atoms with Gasteiger partial charge in [-0.25, -0.2) is 0 Å². The number of nitrogens with zero attached hydrogens (tertiary/aromatic N) is 4. The molecule has 8 nitrogen and oxygen atoms in total. The molecule has 0 fully saturated rings. The number of aromatic hydroxyl groups is 4. The molecule has 8 heteroatoms. The average Bonchev–Trinajstić information content (AvgIpc) is 3.50. The van der Waals surface area contributed by atoms with E-state index in [9.17, 15) is 20.4 Å². The van der Waals surface area contributed by atoms with E-state index in [4.69, 9.17) is 20.0 Å². The zero-order chi connectivity index (χ0) is 58.7. The normalized spacial score (nSPS) is 17.4. The van der Waals surface area contributed by atoms with Gasteiger partial charge in [0.25, 0.3) is 0 Å². The molecule has 1 aliphatic heterocycles. The number of rotatable bonds is 4. The number of hydrogen-bond donors (Lipinski definition) is 4. The predicted octanol–water partition coefficient (Wildman–Crippen LogP) is 17.2. The Morgan fingerprint density at radius 2 is 0.463 bits per heavy atom. The molecule has 4 N–H and O–H groups in total. The summed E-state index contributed by atoms with van der Waals surface area (Å²) >= 11 is 0. The quantitative estimate of drug-likeness (QED) is 0.140. The molecule has 8 aromatic carbocycles. The van der Waals surface area contributed by atoms with Crippen LogP contribution in [0.5, 0.6) is 23.0 Å². The second-order valence-electron chi connectivity index (χ2n) is 26.2. The topological polar surface area (TPSA) is 130 Å². The first-order chi connectivity index (χ1) is 38.8. The Bertz CT molecular complexity index is 3180. The van der Waals surface area contributed by atoms with Crippen LogP contribution in [0.2, 0.25) is 0 Å². The van der Waals surface area contributed by atoms with E-state index < -0.39 is 24.2 Å². The largest absolute Gasteiger partial charge is 0.507 e. The Balaban J connectivity index is 1.34. The molecule has 0 saturated carbocycles. The third kappa shape index (κ3) is 13.3. The molecule has 0 aliphatic carbocycles. The lowest BCUT2D eigenvalue weighted by molar-refractivity contribution is 0.459. The Labute approximate surface area is 486 Å². The summed E-state index contributed by atoms with van der Waals surface area (Å²) in [4.78, 5) is 21.6. The zero-order valence-corrected chi connectivity index (χ0v) is 49.8. The van der Waals surface area contributed by atoms with E-state index in [1.165, 1.54) is 0 Å². The van der Waals surface area contributed by atoms with Gasteiger partial charge >= 0.3 is 0 Å². The van der Waals surface area contributed by atoms with Crippen LogP contribution in [0.25, 0.3) is 0 Å². The van der Waals surface area contributed by atoms with Crippen molar-refractivity contribution in [3.05, 3.63) is 259 Å². The van der Waals surface area contributed by atoms with Crippen LogP contribution >= 0.6 is 0 Å². The molecular weight excluding hydrogens is 1010 g/mol. The highest BCUT2D eigenvalue weighted by molar-refractivity contribution is 5.88. The molecule has 1 heterocycles. The Kier molecular flexibility index (Phi) is 16.8. The molecule has 0 spiro atoms. The van der Waals surface area contributed by atoms with Crippen LogP contribution in [0, 0.1) is 0 Å². The van der Waals surface area contributed by atoms with Crippen molar-refractivity contribution in [3.8, 4) is 23.0 Å². The van der Waals surface area contributed by atoms with Gasteiger partial charge in [-0.05, 0) is 113 Å². The minimum absolute atomic E-state index is 0.0650. The van der Waals surface area contributed by atoms with E-state index in [2.05, 4.69) is 83.1 Å². The Morgan fingerprint density at radius 3 is 0.634 bits per heavy atom. The summed E-state index contributed by atoms with van der Waals surface area (Å²) in [7, 11) is 0. The zero-order valence-electron chi connectivity index (χ0n) is 49.8. The molecule has 0 amide bonds. The van der Waals surface area contributed by atoms with Crippen LogP contribution < -0.4 is 0 Å². The first-order valence-electron chi connectivity index (χ1n) is 28.6. The van der Waals surface area contributed by atoms with Crippen molar-refractivity contribution < 1.29 is 20.4 Å². The lowest BCUT2D eigenvalue weighted by Gasteiger charge is -2.25. The highest BCUT2D eigenvalue weighted by atomic mass is 16.3. The second kappa shape index (κ2) is 23.6. The lowest BCUT2D eigenvalue weighted by Crippen LogP contribution is -2.14. The fourth-order valence-electron chi connectivity index (χ4n) is 10.6. The van der Waals surface area contributed by atoms with Gasteiger partial charge in [0.2, 0.25) is 0 Å². The van der Waals surface area contributed by atoms with Crippen LogP contribution in [-0.2, 0) is 34.5 Å². The summed E-state index contributed by atoms with van der Waals surface area (Å²) in [5, 5.41) is 50.3. The van der Waals surface area contributed by atoms with Crippen molar-refractivity contribution in [2.45, 2.75) is 142 Å². The molecule has 1 aliphatic rings. The fraction of sp³-hybridized carbons (Fsp3) is 0.297. The van der Waals surface area contributed by atoms with Crippen molar-refractivity contribution in [1.29, 1.82) is 0 Å². The number of benzene rings is 8. The van der Waals surface area contributed by atoms with E-state index in [1.807, 2.05) is 170 Å². The van der Waals surface area contributed by atoms with Crippen molar-refractivity contribution >= 4 is 24.9 Å². The minimum Gasteiger partial charge on any atom is -0.507 e. The van der Waals surface area contributed by atoms with E-state index in [1.54, 1.807) is 24.9 Å². The van der Waals surface area contributed by atoms with Gasteiger partial charge in [0.15, 0.2) is 0 Å². The lowest BCUT2D eigenvalue weighted by atomic mass is 9.82. The van der Waals surface area contributed by atoms with Gasteiger partial charge < -0.3 is 20.4 Å². The van der Waals surface area contributed by atoms with E-state index >= 15 is 0 Å². The van der Waals surface area contributed by atoms with Crippen LogP contribution in [0.4, 0.5) is 0 Å². The number of aliphatic imine (C=N–C) groups is 4. The van der Waals surface area contributed by atoms with Crippen molar-refractivity contribution in [2.75, 3.05) is 0 Å². The smallest absolute Gasteiger partial charge is 0.127 e. The molecule has 0 saturated heterocycles. The highest BCUT2D eigenvalue weighted by Gasteiger charge is 2.29. The van der Waals surface area contributed by atoms with Crippen molar-refractivity contribution in [1.82, 2.24) is 0 Å². The van der Waals surface area contributed by atoms with Crippen LogP contribution in [0.1, 0.15) is 196 Å². The number of phenols is 4. The van der Waals surface area contributed by atoms with Crippen LogP contribution in [-0.4, -0.2) is 45.3 Å². The van der Waals surface area contributed by atoms with Gasteiger partial charge in [-0.15, -0.1) is 0 Å². The average molecular weight is 1090 g/mol. The predicted molar refractivity (Wildman–Crippen MR) is 340 cm³/mol. The van der Waals surface area contributed by atoms with Gasteiger partial charge in [0.1, 0.15) is 47.2 Å². The number of hydrogen-bond acceptors (Lipinski definition) is 8.